The Balaban J connectivity index is 5.32. The molecule has 0 aliphatic rings. The van der Waals surface area contributed by atoms with Gasteiger partial charge < -0.3 is 14.3 Å². The summed E-state index contributed by atoms with van der Waals surface area (Å²) in [7, 11) is 0. The van der Waals surface area contributed by atoms with Gasteiger partial charge in [0.15, 0.2) is 5.60 Å². The van der Waals surface area contributed by atoms with Crippen molar-refractivity contribution in [2.75, 3.05) is 0 Å². The van der Waals surface area contributed by atoms with Crippen molar-refractivity contribution in [3.63, 3.8) is 0 Å². The Morgan fingerprint density at radius 3 is 2.14 bits per heavy atom. The van der Waals surface area contributed by atoms with E-state index in [1.54, 1.807) is 20.8 Å². The smallest absolute Gasteiger partial charge is 0.305 e. The van der Waals surface area contributed by atoms with Crippen LogP contribution in [0, 0.1) is 5.92 Å². The van der Waals surface area contributed by atoms with Crippen LogP contribution < -0.4 is 0 Å². The molecule has 0 aromatic carbocycles. The van der Waals surface area contributed by atoms with Gasteiger partial charge in [-0.25, -0.2) is 0 Å². The van der Waals surface area contributed by atoms with E-state index in [9.17, 15) is 19.2 Å². The molecule has 3 unspecified atom stereocenters. The van der Waals surface area contributed by atoms with E-state index < -0.39 is 29.6 Å². The Labute approximate surface area is 125 Å². The van der Waals surface area contributed by atoms with Gasteiger partial charge in [0.2, 0.25) is 0 Å². The van der Waals surface area contributed by atoms with Crippen LogP contribution in [-0.2, 0) is 28.7 Å². The standard InChI is InChI=1S/C15H24O6/c1-6-14(19)20-11(4)15(7-2,21-12(5)17)8-13(18)10(3)9-16/h9-11H,6-8H2,1-5H3. The molecule has 0 fully saturated rings. The molecular weight excluding hydrogens is 276 g/mol. The van der Waals surface area contributed by atoms with Crippen LogP contribution in [0.15, 0.2) is 0 Å². The molecule has 0 aliphatic heterocycles. The fraction of sp³-hybridized carbons (Fsp3) is 0.733. The lowest BCUT2D eigenvalue weighted by Crippen LogP contribution is -2.48. The quantitative estimate of drug-likeness (QED) is 0.367. The number of hydrogen-bond acceptors (Lipinski definition) is 6. The average Bonchev–Trinajstić information content (AvgIpc) is 2.44. The second-order valence-corrected chi connectivity index (χ2v) is 5.07. The first-order valence-corrected chi connectivity index (χ1v) is 7.09. The van der Waals surface area contributed by atoms with Gasteiger partial charge in [0, 0.05) is 13.3 Å². The maximum atomic E-state index is 12.0. The summed E-state index contributed by atoms with van der Waals surface area (Å²) in [6.07, 6.45) is 0.0763. The van der Waals surface area contributed by atoms with Gasteiger partial charge in [0.05, 0.1) is 12.3 Å². The lowest BCUT2D eigenvalue weighted by molar-refractivity contribution is -0.186. The number of carbonyl (C=O) groups is 4. The van der Waals surface area contributed by atoms with Crippen molar-refractivity contribution >= 4 is 24.0 Å². The fourth-order valence-electron chi connectivity index (χ4n) is 1.95. The summed E-state index contributed by atoms with van der Waals surface area (Å²) >= 11 is 0. The monoisotopic (exact) mass is 300 g/mol. The molecule has 21 heavy (non-hydrogen) atoms. The molecule has 0 aromatic rings. The zero-order valence-electron chi connectivity index (χ0n) is 13.3. The Morgan fingerprint density at radius 1 is 1.19 bits per heavy atom. The third-order valence-corrected chi connectivity index (χ3v) is 3.47. The number of carbonyl (C=O) groups excluding carboxylic acids is 4. The number of rotatable bonds is 9. The van der Waals surface area contributed by atoms with Gasteiger partial charge in [-0.1, -0.05) is 13.8 Å². The Bertz CT molecular complexity index is 403. The minimum Gasteiger partial charge on any atom is -0.458 e. The number of esters is 2. The van der Waals surface area contributed by atoms with Gasteiger partial charge in [-0.15, -0.1) is 0 Å². The van der Waals surface area contributed by atoms with Crippen molar-refractivity contribution in [1.82, 2.24) is 0 Å². The minimum atomic E-state index is -1.25. The van der Waals surface area contributed by atoms with Crippen molar-refractivity contribution in [2.45, 2.75) is 65.6 Å². The van der Waals surface area contributed by atoms with E-state index in [0.29, 0.717) is 12.7 Å². The maximum absolute atomic E-state index is 12.0. The average molecular weight is 300 g/mol. The Kier molecular flexibility index (Phi) is 7.84. The van der Waals surface area contributed by atoms with Gasteiger partial charge in [-0.2, -0.15) is 0 Å². The molecule has 120 valence electrons. The van der Waals surface area contributed by atoms with Gasteiger partial charge in [0.25, 0.3) is 0 Å². The maximum Gasteiger partial charge on any atom is 0.305 e. The van der Waals surface area contributed by atoms with Crippen LogP contribution in [0.1, 0.15) is 53.9 Å². The first-order valence-electron chi connectivity index (χ1n) is 7.09. The summed E-state index contributed by atoms with van der Waals surface area (Å²) in [6, 6.07) is 0. The zero-order valence-corrected chi connectivity index (χ0v) is 13.3. The van der Waals surface area contributed by atoms with Crippen molar-refractivity contribution in [3.8, 4) is 0 Å². The molecule has 0 heterocycles. The van der Waals surface area contributed by atoms with E-state index >= 15 is 0 Å². The molecule has 0 N–H and O–H groups in total. The van der Waals surface area contributed by atoms with Crippen LogP contribution in [0.2, 0.25) is 0 Å². The predicted molar refractivity (Wildman–Crippen MR) is 75.5 cm³/mol. The highest BCUT2D eigenvalue weighted by Crippen LogP contribution is 2.29. The molecule has 0 amide bonds. The zero-order chi connectivity index (χ0) is 16.6. The third kappa shape index (κ3) is 5.65. The Morgan fingerprint density at radius 2 is 1.76 bits per heavy atom. The molecule has 0 radical (unpaired) electrons. The van der Waals surface area contributed by atoms with Crippen molar-refractivity contribution in [1.29, 1.82) is 0 Å². The molecule has 0 spiro atoms. The van der Waals surface area contributed by atoms with Crippen LogP contribution in [0.4, 0.5) is 0 Å². The molecule has 0 saturated heterocycles. The highest BCUT2D eigenvalue weighted by Gasteiger charge is 2.43. The topological polar surface area (TPSA) is 86.7 Å². The third-order valence-electron chi connectivity index (χ3n) is 3.47. The number of Topliss-reactive ketones (excluding diaryl/α,β-unsaturated/α-hetero) is 1. The van der Waals surface area contributed by atoms with Crippen LogP contribution >= 0.6 is 0 Å². The first kappa shape index (κ1) is 19.3. The van der Waals surface area contributed by atoms with E-state index in [2.05, 4.69) is 0 Å². The van der Waals surface area contributed by atoms with Crippen molar-refractivity contribution < 1.29 is 28.7 Å². The van der Waals surface area contributed by atoms with Crippen LogP contribution in [0.25, 0.3) is 0 Å². The number of hydrogen-bond donors (Lipinski definition) is 0. The molecular formula is C15H24O6. The normalized spacial score (nSPS) is 16.2. The van der Waals surface area contributed by atoms with E-state index in [0.717, 1.165) is 0 Å². The summed E-state index contributed by atoms with van der Waals surface area (Å²) in [4.78, 5) is 45.5. The van der Waals surface area contributed by atoms with Gasteiger partial charge in [-0.05, 0) is 20.3 Å². The van der Waals surface area contributed by atoms with Crippen molar-refractivity contribution in [3.05, 3.63) is 0 Å². The number of ketones is 1. The lowest BCUT2D eigenvalue weighted by atomic mass is 9.85. The second-order valence-electron chi connectivity index (χ2n) is 5.07. The molecule has 0 bridgehead atoms. The van der Waals surface area contributed by atoms with E-state index in [-0.39, 0.29) is 18.6 Å². The lowest BCUT2D eigenvalue weighted by Gasteiger charge is -2.36. The molecule has 6 nitrogen and oxygen atoms in total. The summed E-state index contributed by atoms with van der Waals surface area (Å²) < 4.78 is 10.5. The summed E-state index contributed by atoms with van der Waals surface area (Å²) in [6.45, 7) is 7.67. The van der Waals surface area contributed by atoms with Crippen molar-refractivity contribution in [2.24, 2.45) is 5.92 Å². The fourth-order valence-corrected chi connectivity index (χ4v) is 1.95. The number of aldehydes is 1. The first-order chi connectivity index (χ1) is 9.72. The largest absolute Gasteiger partial charge is 0.458 e. The van der Waals surface area contributed by atoms with Gasteiger partial charge >= 0.3 is 11.9 Å². The number of ether oxygens (including phenoxy) is 2. The second kappa shape index (κ2) is 8.54. The molecule has 0 saturated carbocycles. The van der Waals surface area contributed by atoms with E-state index in [1.165, 1.54) is 13.8 Å². The van der Waals surface area contributed by atoms with E-state index in [4.69, 9.17) is 9.47 Å². The summed E-state index contributed by atoms with van der Waals surface area (Å²) in [5, 5.41) is 0. The molecule has 6 heteroatoms. The molecule has 0 aliphatic carbocycles. The highest BCUT2D eigenvalue weighted by atomic mass is 16.6. The molecule has 3 atom stereocenters. The van der Waals surface area contributed by atoms with Crippen LogP contribution in [0.3, 0.4) is 0 Å². The predicted octanol–water partition coefficient (Wildman–Crippen LogP) is 1.83. The Hall–Kier alpha value is -1.72. The highest BCUT2D eigenvalue weighted by molar-refractivity contribution is 5.93. The molecule has 0 aromatic heterocycles. The van der Waals surface area contributed by atoms with Crippen LogP contribution in [-0.4, -0.2) is 35.7 Å². The summed E-state index contributed by atoms with van der Waals surface area (Å²) in [5.74, 6) is -2.15. The van der Waals surface area contributed by atoms with Gasteiger partial charge in [0.1, 0.15) is 18.2 Å². The van der Waals surface area contributed by atoms with Gasteiger partial charge in [-0.3, -0.25) is 14.4 Å². The summed E-state index contributed by atoms with van der Waals surface area (Å²) in [5.41, 5.74) is -1.25. The molecule has 0 rings (SSSR count). The van der Waals surface area contributed by atoms with E-state index in [1.807, 2.05) is 0 Å². The van der Waals surface area contributed by atoms with Crippen LogP contribution in [0.5, 0.6) is 0 Å². The SMILES string of the molecule is CCC(=O)OC(C)C(CC)(CC(=O)C(C)C=O)OC(C)=O. The minimum absolute atomic E-state index is 0.166.